The average Bonchev–Trinajstić information content (AvgIpc) is 2.07. The zero-order valence-electron chi connectivity index (χ0n) is 7.55. The van der Waals surface area contributed by atoms with Crippen LogP contribution in [0.3, 0.4) is 0 Å². The molecule has 0 fully saturated rings. The fourth-order valence-corrected chi connectivity index (χ4v) is 1.48. The van der Waals surface area contributed by atoms with E-state index >= 15 is 0 Å². The van der Waals surface area contributed by atoms with Gasteiger partial charge in [0.2, 0.25) is 5.88 Å². The van der Waals surface area contributed by atoms with Gasteiger partial charge in [-0.2, -0.15) is 0 Å². The molecule has 0 amide bonds. The van der Waals surface area contributed by atoms with E-state index in [0.29, 0.717) is 0 Å². The molecular formula is C10H13NO. The third-order valence-corrected chi connectivity index (χ3v) is 2.33. The molecule has 2 rings (SSSR count). The molecule has 2 nitrogen and oxygen atoms in total. The minimum absolute atomic E-state index is 0.822. The molecular weight excluding hydrogens is 150 g/mol. The number of pyridine rings is 1. The molecule has 0 unspecified atom stereocenters. The highest BCUT2D eigenvalue weighted by Crippen LogP contribution is 2.23. The Balaban J connectivity index is 2.49. The molecule has 2 heteroatoms. The van der Waals surface area contributed by atoms with Gasteiger partial charge in [0.1, 0.15) is 0 Å². The Morgan fingerprint density at radius 1 is 1.42 bits per heavy atom. The maximum Gasteiger partial charge on any atom is 0.216 e. The second kappa shape index (κ2) is 2.77. The van der Waals surface area contributed by atoms with Crippen LogP contribution in [0.1, 0.15) is 23.2 Å². The summed E-state index contributed by atoms with van der Waals surface area (Å²) in [4.78, 5) is 4.39. The highest BCUT2D eigenvalue weighted by Gasteiger charge is 2.12. The summed E-state index contributed by atoms with van der Waals surface area (Å²) in [5, 5.41) is 0. The lowest BCUT2D eigenvalue weighted by Gasteiger charge is -2.17. The smallest absolute Gasteiger partial charge is 0.216 e. The summed E-state index contributed by atoms with van der Waals surface area (Å²) in [5.74, 6) is 0.851. The SMILES string of the molecule is Cc1cc2c(nc1C)OCCC2. The zero-order valence-corrected chi connectivity index (χ0v) is 7.55. The van der Waals surface area contributed by atoms with Crippen molar-refractivity contribution in [1.82, 2.24) is 4.98 Å². The molecule has 64 valence electrons. The summed E-state index contributed by atoms with van der Waals surface area (Å²) >= 11 is 0. The second-order valence-electron chi connectivity index (χ2n) is 3.31. The number of rotatable bonds is 0. The molecule has 0 aromatic carbocycles. The van der Waals surface area contributed by atoms with Gasteiger partial charge in [-0.25, -0.2) is 4.98 Å². The van der Waals surface area contributed by atoms with Crippen molar-refractivity contribution in [3.63, 3.8) is 0 Å². The Morgan fingerprint density at radius 2 is 2.25 bits per heavy atom. The third-order valence-electron chi connectivity index (χ3n) is 2.33. The summed E-state index contributed by atoms with van der Waals surface area (Å²) < 4.78 is 5.45. The van der Waals surface area contributed by atoms with Gasteiger partial charge in [0.15, 0.2) is 0 Å². The van der Waals surface area contributed by atoms with Crippen LogP contribution in [-0.2, 0) is 6.42 Å². The van der Waals surface area contributed by atoms with Crippen molar-refractivity contribution >= 4 is 0 Å². The maximum atomic E-state index is 5.45. The van der Waals surface area contributed by atoms with E-state index in [9.17, 15) is 0 Å². The summed E-state index contributed by atoms with van der Waals surface area (Å²) in [6.07, 6.45) is 2.24. The second-order valence-corrected chi connectivity index (χ2v) is 3.31. The fourth-order valence-electron chi connectivity index (χ4n) is 1.48. The standard InChI is InChI=1S/C10H13NO/c1-7-6-9-4-3-5-12-10(9)11-8(7)2/h6H,3-5H2,1-2H3. The molecule has 0 bridgehead atoms. The first kappa shape index (κ1) is 7.59. The van der Waals surface area contributed by atoms with E-state index in [-0.39, 0.29) is 0 Å². The van der Waals surface area contributed by atoms with Gasteiger partial charge >= 0.3 is 0 Å². The van der Waals surface area contributed by atoms with E-state index in [4.69, 9.17) is 4.74 Å². The first-order valence-electron chi connectivity index (χ1n) is 4.37. The van der Waals surface area contributed by atoms with Crippen LogP contribution in [0.4, 0.5) is 0 Å². The van der Waals surface area contributed by atoms with Gasteiger partial charge in [0.25, 0.3) is 0 Å². The molecule has 0 atom stereocenters. The highest BCUT2D eigenvalue weighted by molar-refractivity contribution is 5.34. The van der Waals surface area contributed by atoms with E-state index in [1.807, 2.05) is 6.92 Å². The van der Waals surface area contributed by atoms with Crippen LogP contribution < -0.4 is 4.74 Å². The number of hydrogen-bond donors (Lipinski definition) is 0. The molecule has 1 aromatic heterocycles. The quantitative estimate of drug-likeness (QED) is 0.583. The van der Waals surface area contributed by atoms with Crippen LogP contribution in [0.15, 0.2) is 6.07 Å². The number of aromatic nitrogens is 1. The van der Waals surface area contributed by atoms with E-state index in [1.165, 1.54) is 11.1 Å². The highest BCUT2D eigenvalue weighted by atomic mass is 16.5. The molecule has 0 N–H and O–H groups in total. The molecule has 1 aliphatic rings. The lowest BCUT2D eigenvalue weighted by Crippen LogP contribution is -2.10. The van der Waals surface area contributed by atoms with E-state index in [0.717, 1.165) is 31.0 Å². The molecule has 2 heterocycles. The summed E-state index contributed by atoms with van der Waals surface area (Å²) in [6.45, 7) is 4.94. The Morgan fingerprint density at radius 3 is 3.08 bits per heavy atom. The van der Waals surface area contributed by atoms with Crippen molar-refractivity contribution < 1.29 is 4.74 Å². The number of aryl methyl sites for hydroxylation is 3. The van der Waals surface area contributed by atoms with Crippen molar-refractivity contribution in [3.05, 3.63) is 22.9 Å². The predicted molar refractivity (Wildman–Crippen MR) is 47.5 cm³/mol. The Kier molecular flexibility index (Phi) is 1.75. The zero-order chi connectivity index (χ0) is 8.55. The molecule has 0 aliphatic carbocycles. The third kappa shape index (κ3) is 1.17. The van der Waals surface area contributed by atoms with Crippen molar-refractivity contribution in [2.45, 2.75) is 26.7 Å². The number of ether oxygens (including phenoxy) is 1. The van der Waals surface area contributed by atoms with Gasteiger partial charge in [-0.1, -0.05) is 0 Å². The lowest BCUT2D eigenvalue weighted by molar-refractivity contribution is 0.275. The van der Waals surface area contributed by atoms with Crippen molar-refractivity contribution in [2.24, 2.45) is 0 Å². The van der Waals surface area contributed by atoms with Crippen LogP contribution in [-0.4, -0.2) is 11.6 Å². The van der Waals surface area contributed by atoms with E-state index in [1.54, 1.807) is 0 Å². The summed E-state index contributed by atoms with van der Waals surface area (Å²) in [7, 11) is 0. The largest absolute Gasteiger partial charge is 0.477 e. The minimum atomic E-state index is 0.822. The summed E-state index contributed by atoms with van der Waals surface area (Å²) in [6, 6.07) is 2.19. The number of nitrogens with zero attached hydrogens (tertiary/aromatic N) is 1. The maximum absolute atomic E-state index is 5.45. The fraction of sp³-hybridized carbons (Fsp3) is 0.500. The first-order valence-corrected chi connectivity index (χ1v) is 4.37. The van der Waals surface area contributed by atoms with Gasteiger partial charge in [-0.3, -0.25) is 0 Å². The van der Waals surface area contributed by atoms with Gasteiger partial charge < -0.3 is 4.74 Å². The first-order chi connectivity index (χ1) is 5.77. The van der Waals surface area contributed by atoms with Crippen molar-refractivity contribution in [1.29, 1.82) is 0 Å². The molecule has 0 saturated heterocycles. The Hall–Kier alpha value is -1.05. The monoisotopic (exact) mass is 163 g/mol. The molecule has 0 spiro atoms. The number of hydrogen-bond acceptors (Lipinski definition) is 2. The Labute approximate surface area is 72.6 Å². The molecule has 12 heavy (non-hydrogen) atoms. The Bertz CT molecular complexity index is 276. The predicted octanol–water partition coefficient (Wildman–Crippen LogP) is 2.02. The average molecular weight is 163 g/mol. The lowest BCUT2D eigenvalue weighted by atomic mass is 10.1. The molecule has 0 saturated carbocycles. The van der Waals surface area contributed by atoms with Crippen LogP contribution in [0.25, 0.3) is 0 Å². The van der Waals surface area contributed by atoms with Crippen molar-refractivity contribution in [3.8, 4) is 5.88 Å². The normalized spacial score (nSPS) is 15.2. The van der Waals surface area contributed by atoms with E-state index in [2.05, 4.69) is 18.0 Å². The summed E-state index contributed by atoms with van der Waals surface area (Å²) in [5.41, 5.74) is 3.61. The minimum Gasteiger partial charge on any atom is -0.477 e. The topological polar surface area (TPSA) is 22.1 Å². The molecule has 0 radical (unpaired) electrons. The van der Waals surface area contributed by atoms with Crippen molar-refractivity contribution in [2.75, 3.05) is 6.61 Å². The number of fused-ring (bicyclic) bond motifs is 1. The van der Waals surface area contributed by atoms with Crippen LogP contribution in [0.5, 0.6) is 5.88 Å². The molecule has 1 aliphatic heterocycles. The van der Waals surface area contributed by atoms with Gasteiger partial charge in [-0.15, -0.1) is 0 Å². The van der Waals surface area contributed by atoms with Gasteiger partial charge in [0.05, 0.1) is 6.61 Å². The van der Waals surface area contributed by atoms with Crippen LogP contribution in [0, 0.1) is 13.8 Å². The van der Waals surface area contributed by atoms with Crippen LogP contribution >= 0.6 is 0 Å². The molecule has 1 aromatic rings. The van der Waals surface area contributed by atoms with Gasteiger partial charge in [0, 0.05) is 11.3 Å². The van der Waals surface area contributed by atoms with Gasteiger partial charge in [-0.05, 0) is 38.3 Å². The van der Waals surface area contributed by atoms with E-state index < -0.39 is 0 Å². The van der Waals surface area contributed by atoms with Crippen LogP contribution in [0.2, 0.25) is 0 Å².